The second kappa shape index (κ2) is 16.4. The molecule has 0 atom stereocenters. The number of ether oxygens (including phenoxy) is 5. The maximum Gasteiger partial charge on any atom is 0.419 e. The molecule has 0 saturated heterocycles. The van der Waals surface area contributed by atoms with Crippen LogP contribution in [0.3, 0.4) is 0 Å². The van der Waals surface area contributed by atoms with Gasteiger partial charge in [-0.05, 0) is 46.2 Å². The zero-order valence-electron chi connectivity index (χ0n) is 22.0. The molecule has 0 aliphatic carbocycles. The predicted molar refractivity (Wildman–Crippen MR) is 136 cm³/mol. The monoisotopic (exact) mass is 542 g/mol. The van der Waals surface area contributed by atoms with Crippen LogP contribution in [0.2, 0.25) is 0 Å². The molecular formula is C24H38N4O8S. The minimum Gasteiger partial charge on any atom is -0.449 e. The van der Waals surface area contributed by atoms with E-state index in [4.69, 9.17) is 27.9 Å². The first-order valence-electron chi connectivity index (χ1n) is 12.1. The van der Waals surface area contributed by atoms with Crippen molar-refractivity contribution in [3.63, 3.8) is 0 Å². The normalized spacial score (nSPS) is 12.0. The van der Waals surface area contributed by atoms with Crippen molar-refractivity contribution >= 4 is 24.2 Å². The van der Waals surface area contributed by atoms with Crippen LogP contribution in [-0.4, -0.2) is 94.5 Å². The first-order chi connectivity index (χ1) is 17.7. The van der Waals surface area contributed by atoms with Crippen molar-refractivity contribution in [1.29, 1.82) is 0 Å². The van der Waals surface area contributed by atoms with Crippen molar-refractivity contribution in [3.8, 4) is 0 Å². The van der Waals surface area contributed by atoms with E-state index in [1.807, 2.05) is 13.8 Å². The fourth-order valence-electron chi connectivity index (χ4n) is 2.76. The van der Waals surface area contributed by atoms with E-state index >= 15 is 0 Å². The summed E-state index contributed by atoms with van der Waals surface area (Å²) in [5.41, 5.74) is -0.422. The van der Waals surface area contributed by atoms with Crippen LogP contribution in [0.15, 0.2) is 37.4 Å². The summed E-state index contributed by atoms with van der Waals surface area (Å²) in [4.78, 5) is 31.0. The smallest absolute Gasteiger partial charge is 0.419 e. The number of hydrogen-bond donors (Lipinski definition) is 0. The summed E-state index contributed by atoms with van der Waals surface area (Å²) in [6, 6.07) is 0. The standard InChI is InChI=1S/C24H38N4O8S/c1-23(2,5-11-33-21(29)27-9-7-25-19-27)35-12-6-24(3,4)37-36-18-16-32-14-13-31-15-17-34-22(30)28-10-8-26-20-28/h7-10,19-20H,5-6,11-18H2,1-4H3. The van der Waals surface area contributed by atoms with Crippen LogP contribution >= 0.6 is 12.0 Å². The molecule has 2 rings (SSSR count). The molecule has 0 aliphatic rings. The van der Waals surface area contributed by atoms with E-state index in [2.05, 4.69) is 23.8 Å². The third-order valence-corrected chi connectivity index (χ3v) is 5.92. The Balaban J connectivity index is 1.41. The summed E-state index contributed by atoms with van der Waals surface area (Å²) in [6.07, 6.45) is 9.29. The van der Waals surface area contributed by atoms with Crippen LogP contribution in [-0.2, 0) is 27.9 Å². The summed E-state index contributed by atoms with van der Waals surface area (Å²) >= 11 is 1.40. The Bertz CT molecular complexity index is 891. The van der Waals surface area contributed by atoms with E-state index in [9.17, 15) is 9.59 Å². The van der Waals surface area contributed by atoms with E-state index in [0.29, 0.717) is 46.1 Å². The second-order valence-corrected chi connectivity index (χ2v) is 10.7. The largest absolute Gasteiger partial charge is 0.449 e. The quantitative estimate of drug-likeness (QED) is 0.202. The molecule has 0 N–H and O–H groups in total. The molecule has 0 fully saturated rings. The molecule has 0 unspecified atom stereocenters. The van der Waals surface area contributed by atoms with Gasteiger partial charge in [-0.15, -0.1) is 0 Å². The number of nitrogens with zero attached hydrogens (tertiary/aromatic N) is 4. The summed E-state index contributed by atoms with van der Waals surface area (Å²) in [6.45, 7) is 11.1. The molecule has 0 amide bonds. The Labute approximate surface area is 222 Å². The Morgan fingerprint density at radius 2 is 1.27 bits per heavy atom. The van der Waals surface area contributed by atoms with Crippen LogP contribution in [0, 0.1) is 0 Å². The van der Waals surface area contributed by atoms with Gasteiger partial charge < -0.3 is 27.9 Å². The van der Waals surface area contributed by atoms with Crippen molar-refractivity contribution in [1.82, 2.24) is 19.1 Å². The van der Waals surface area contributed by atoms with E-state index in [0.717, 1.165) is 6.42 Å². The number of hydrogen-bond acceptors (Lipinski definition) is 11. The third kappa shape index (κ3) is 13.6. The van der Waals surface area contributed by atoms with E-state index < -0.39 is 17.8 Å². The molecule has 12 nitrogen and oxygen atoms in total. The van der Waals surface area contributed by atoms with Crippen molar-refractivity contribution in [2.45, 2.75) is 50.9 Å². The van der Waals surface area contributed by atoms with Crippen LogP contribution < -0.4 is 0 Å². The molecule has 0 aliphatic heterocycles. The van der Waals surface area contributed by atoms with Gasteiger partial charge in [0.15, 0.2) is 0 Å². The summed E-state index contributed by atoms with van der Waals surface area (Å²) in [5, 5.41) is 0. The lowest BCUT2D eigenvalue weighted by Gasteiger charge is -2.28. The maximum atomic E-state index is 11.8. The lowest BCUT2D eigenvalue weighted by molar-refractivity contribution is -0.0366. The number of rotatable bonds is 18. The summed E-state index contributed by atoms with van der Waals surface area (Å²) in [5.74, 6) is 0. The average molecular weight is 543 g/mol. The topological polar surface area (TPSA) is 125 Å². The second-order valence-electron chi connectivity index (χ2n) is 9.17. The van der Waals surface area contributed by atoms with Gasteiger partial charge in [0.2, 0.25) is 0 Å². The fourth-order valence-corrected chi connectivity index (χ4v) is 3.40. The molecule has 0 radical (unpaired) electrons. The Morgan fingerprint density at radius 3 is 1.84 bits per heavy atom. The molecular weight excluding hydrogens is 504 g/mol. The molecule has 0 bridgehead atoms. The molecule has 0 spiro atoms. The number of imidazole rings is 2. The Hall–Kier alpha value is -2.45. The van der Waals surface area contributed by atoms with E-state index in [1.54, 1.807) is 6.20 Å². The van der Waals surface area contributed by atoms with Gasteiger partial charge in [-0.1, -0.05) is 0 Å². The van der Waals surface area contributed by atoms with Crippen LogP contribution in [0.25, 0.3) is 0 Å². The highest BCUT2D eigenvalue weighted by atomic mass is 32.2. The van der Waals surface area contributed by atoms with Gasteiger partial charge in [-0.2, -0.15) is 0 Å². The molecule has 13 heteroatoms. The minimum atomic E-state index is -0.491. The van der Waals surface area contributed by atoms with Gasteiger partial charge >= 0.3 is 12.2 Å². The number of carbonyl (C=O) groups is 2. The minimum absolute atomic E-state index is 0.138. The van der Waals surface area contributed by atoms with E-state index in [1.165, 1.54) is 52.4 Å². The van der Waals surface area contributed by atoms with Crippen LogP contribution in [0.4, 0.5) is 9.59 Å². The molecule has 2 aromatic heterocycles. The van der Waals surface area contributed by atoms with Gasteiger partial charge in [-0.3, -0.25) is 0 Å². The highest BCUT2D eigenvalue weighted by Gasteiger charge is 2.24. The Kier molecular flexibility index (Phi) is 13.6. The molecule has 37 heavy (non-hydrogen) atoms. The molecule has 2 aromatic rings. The lowest BCUT2D eigenvalue weighted by atomic mass is 10.1. The van der Waals surface area contributed by atoms with Crippen LogP contribution in [0.5, 0.6) is 0 Å². The molecule has 2 heterocycles. The van der Waals surface area contributed by atoms with E-state index in [-0.39, 0.29) is 18.0 Å². The van der Waals surface area contributed by atoms with Crippen LogP contribution in [0.1, 0.15) is 40.5 Å². The highest BCUT2D eigenvalue weighted by molar-refractivity contribution is 7.96. The van der Waals surface area contributed by atoms with Crippen molar-refractivity contribution in [2.75, 3.05) is 52.9 Å². The maximum absolute atomic E-state index is 11.8. The average Bonchev–Trinajstić information content (AvgIpc) is 3.56. The summed E-state index contributed by atoms with van der Waals surface area (Å²) < 4.78 is 35.2. The third-order valence-electron chi connectivity index (χ3n) is 4.98. The Morgan fingerprint density at radius 1 is 0.730 bits per heavy atom. The van der Waals surface area contributed by atoms with Crippen molar-refractivity contribution in [2.24, 2.45) is 0 Å². The van der Waals surface area contributed by atoms with Gasteiger partial charge in [0.1, 0.15) is 19.3 Å². The van der Waals surface area contributed by atoms with Crippen molar-refractivity contribution in [3.05, 3.63) is 37.4 Å². The van der Waals surface area contributed by atoms with Gasteiger partial charge in [0.25, 0.3) is 0 Å². The first kappa shape index (κ1) is 30.8. The van der Waals surface area contributed by atoms with Gasteiger partial charge in [-0.25, -0.2) is 28.7 Å². The lowest BCUT2D eigenvalue weighted by Crippen LogP contribution is -2.30. The molecule has 0 aromatic carbocycles. The first-order valence-corrected chi connectivity index (χ1v) is 12.8. The fraction of sp³-hybridized carbons (Fsp3) is 0.667. The number of aromatic nitrogens is 4. The molecule has 208 valence electrons. The van der Waals surface area contributed by atoms with Crippen molar-refractivity contribution < 1.29 is 37.5 Å². The van der Waals surface area contributed by atoms with Gasteiger partial charge in [0.05, 0.1) is 45.2 Å². The predicted octanol–water partition coefficient (Wildman–Crippen LogP) is 3.80. The van der Waals surface area contributed by atoms with Gasteiger partial charge in [0, 0.05) is 42.6 Å². The SMILES string of the molecule is CC(C)(CCOC(=O)n1ccnc1)OCCC(C)(C)SOCCOCCOCCOC(=O)n1ccnc1. The summed E-state index contributed by atoms with van der Waals surface area (Å²) in [7, 11) is 0. The zero-order valence-corrected chi connectivity index (χ0v) is 22.8. The zero-order chi connectivity index (χ0) is 27.0. The number of carbonyl (C=O) groups excluding carboxylic acids is 2. The highest BCUT2D eigenvalue weighted by Crippen LogP contribution is 2.29. The molecule has 0 saturated carbocycles.